The van der Waals surface area contributed by atoms with Crippen LogP contribution in [0.5, 0.6) is 0 Å². The Bertz CT molecular complexity index is 651. The van der Waals surface area contributed by atoms with Crippen molar-refractivity contribution in [1.82, 2.24) is 19.7 Å². The van der Waals surface area contributed by atoms with Crippen LogP contribution in [-0.4, -0.2) is 52.3 Å². The molecule has 1 fully saturated rings. The summed E-state index contributed by atoms with van der Waals surface area (Å²) >= 11 is 0. The van der Waals surface area contributed by atoms with Crippen molar-refractivity contribution in [1.29, 1.82) is 0 Å². The number of anilines is 1. The minimum atomic E-state index is 0.0953. The Morgan fingerprint density at radius 3 is 2.88 bits per heavy atom. The average Bonchev–Trinajstić information content (AvgIpc) is 3.13. The van der Waals surface area contributed by atoms with Crippen molar-refractivity contribution < 1.29 is 4.79 Å². The summed E-state index contributed by atoms with van der Waals surface area (Å²) in [5.74, 6) is 0.957. The van der Waals surface area contributed by atoms with Gasteiger partial charge in [0.2, 0.25) is 0 Å². The van der Waals surface area contributed by atoms with Crippen LogP contribution in [0.1, 0.15) is 36.0 Å². The third-order valence-electron chi connectivity index (χ3n) is 4.59. The van der Waals surface area contributed by atoms with Gasteiger partial charge in [0.25, 0.3) is 5.91 Å². The van der Waals surface area contributed by atoms with Gasteiger partial charge in [0.05, 0.1) is 5.56 Å². The standard InChI is InChI=1S/C18H25N5O/c1-21(2)17-8-7-15(14-19-17)18(24)23-12-4-3-6-16(23)9-13-22-11-5-10-20-22/h5,7-8,10-11,14,16H,3-4,6,9,12-13H2,1-2H3. The molecule has 0 saturated carbocycles. The average molecular weight is 327 g/mol. The smallest absolute Gasteiger partial charge is 0.255 e. The van der Waals surface area contributed by atoms with Crippen LogP contribution in [0, 0.1) is 0 Å². The molecule has 1 saturated heterocycles. The summed E-state index contributed by atoms with van der Waals surface area (Å²) < 4.78 is 1.94. The van der Waals surface area contributed by atoms with Crippen LogP contribution in [0.25, 0.3) is 0 Å². The molecule has 0 N–H and O–H groups in total. The zero-order valence-electron chi connectivity index (χ0n) is 14.4. The van der Waals surface area contributed by atoms with E-state index in [1.165, 1.54) is 6.42 Å². The Labute approximate surface area is 143 Å². The maximum absolute atomic E-state index is 12.9. The number of aryl methyl sites for hydroxylation is 1. The first-order chi connectivity index (χ1) is 11.6. The van der Waals surface area contributed by atoms with Crippen LogP contribution in [0.15, 0.2) is 36.8 Å². The SMILES string of the molecule is CN(C)c1ccc(C(=O)N2CCCCC2CCn2cccn2)cn1. The summed E-state index contributed by atoms with van der Waals surface area (Å²) in [5.41, 5.74) is 0.673. The van der Waals surface area contributed by atoms with Gasteiger partial charge in [-0.25, -0.2) is 4.98 Å². The van der Waals surface area contributed by atoms with Crippen LogP contribution >= 0.6 is 0 Å². The fourth-order valence-corrected chi connectivity index (χ4v) is 3.23. The van der Waals surface area contributed by atoms with E-state index in [-0.39, 0.29) is 11.9 Å². The molecular weight excluding hydrogens is 302 g/mol. The van der Waals surface area contributed by atoms with E-state index in [0.29, 0.717) is 5.56 Å². The van der Waals surface area contributed by atoms with Crippen molar-refractivity contribution in [2.24, 2.45) is 0 Å². The first-order valence-corrected chi connectivity index (χ1v) is 8.57. The molecule has 2 aromatic rings. The van der Waals surface area contributed by atoms with E-state index >= 15 is 0 Å². The first kappa shape index (κ1) is 16.5. The van der Waals surface area contributed by atoms with Gasteiger partial charge in [-0.05, 0) is 43.9 Å². The summed E-state index contributed by atoms with van der Waals surface area (Å²) in [6.07, 6.45) is 9.73. The molecule has 1 atom stereocenters. The summed E-state index contributed by atoms with van der Waals surface area (Å²) in [6.45, 7) is 1.68. The van der Waals surface area contributed by atoms with E-state index in [2.05, 4.69) is 10.1 Å². The lowest BCUT2D eigenvalue weighted by Crippen LogP contribution is -2.44. The van der Waals surface area contributed by atoms with E-state index in [1.54, 1.807) is 12.4 Å². The summed E-state index contributed by atoms with van der Waals surface area (Å²) in [7, 11) is 3.89. The molecule has 1 unspecified atom stereocenters. The molecule has 0 aromatic carbocycles. The summed E-state index contributed by atoms with van der Waals surface area (Å²) in [5, 5.41) is 4.25. The minimum absolute atomic E-state index is 0.0953. The number of hydrogen-bond acceptors (Lipinski definition) is 4. The zero-order chi connectivity index (χ0) is 16.9. The van der Waals surface area contributed by atoms with Gasteiger partial charge >= 0.3 is 0 Å². The second kappa shape index (κ2) is 7.47. The van der Waals surface area contributed by atoms with Crippen molar-refractivity contribution in [3.8, 4) is 0 Å². The van der Waals surface area contributed by atoms with Crippen LogP contribution < -0.4 is 4.90 Å². The highest BCUT2D eigenvalue weighted by Gasteiger charge is 2.27. The van der Waals surface area contributed by atoms with Gasteiger partial charge < -0.3 is 9.80 Å². The van der Waals surface area contributed by atoms with Gasteiger partial charge in [0.15, 0.2) is 0 Å². The molecule has 6 nitrogen and oxygen atoms in total. The van der Waals surface area contributed by atoms with E-state index in [0.717, 1.165) is 38.2 Å². The lowest BCUT2D eigenvalue weighted by atomic mass is 9.98. The number of hydrogen-bond donors (Lipinski definition) is 0. The number of aromatic nitrogens is 3. The molecule has 6 heteroatoms. The van der Waals surface area contributed by atoms with Gasteiger partial charge in [-0.3, -0.25) is 9.48 Å². The Hall–Kier alpha value is -2.37. The van der Waals surface area contributed by atoms with E-state index in [9.17, 15) is 4.79 Å². The number of piperidine rings is 1. The fourth-order valence-electron chi connectivity index (χ4n) is 3.23. The van der Waals surface area contributed by atoms with Crippen LogP contribution in [0.3, 0.4) is 0 Å². The number of carbonyl (C=O) groups is 1. The highest BCUT2D eigenvalue weighted by Crippen LogP contribution is 2.23. The van der Waals surface area contributed by atoms with Crippen molar-refractivity contribution in [2.75, 3.05) is 25.5 Å². The Morgan fingerprint density at radius 1 is 1.33 bits per heavy atom. The molecule has 3 heterocycles. The van der Waals surface area contributed by atoms with E-state index in [1.807, 2.05) is 53.0 Å². The maximum atomic E-state index is 12.9. The van der Waals surface area contributed by atoms with Gasteiger partial charge in [-0.2, -0.15) is 5.10 Å². The predicted octanol–water partition coefficient (Wildman–Crippen LogP) is 2.43. The third-order valence-corrected chi connectivity index (χ3v) is 4.59. The fraction of sp³-hybridized carbons (Fsp3) is 0.500. The third kappa shape index (κ3) is 3.75. The minimum Gasteiger partial charge on any atom is -0.363 e. The van der Waals surface area contributed by atoms with Crippen LogP contribution in [0.2, 0.25) is 0 Å². The Kier molecular flexibility index (Phi) is 5.13. The van der Waals surface area contributed by atoms with Gasteiger partial charge in [-0.15, -0.1) is 0 Å². The second-order valence-electron chi connectivity index (χ2n) is 6.51. The molecule has 128 valence electrons. The summed E-state index contributed by atoms with van der Waals surface area (Å²) in [6, 6.07) is 5.99. The zero-order valence-corrected chi connectivity index (χ0v) is 14.4. The molecule has 0 aliphatic carbocycles. The Balaban J connectivity index is 1.68. The highest BCUT2D eigenvalue weighted by molar-refractivity contribution is 5.94. The van der Waals surface area contributed by atoms with Crippen molar-refractivity contribution in [3.05, 3.63) is 42.4 Å². The van der Waals surface area contributed by atoms with E-state index < -0.39 is 0 Å². The van der Waals surface area contributed by atoms with Crippen LogP contribution in [0.4, 0.5) is 5.82 Å². The second-order valence-corrected chi connectivity index (χ2v) is 6.51. The molecule has 1 amide bonds. The maximum Gasteiger partial charge on any atom is 0.255 e. The molecule has 0 spiro atoms. The predicted molar refractivity (Wildman–Crippen MR) is 94.1 cm³/mol. The normalized spacial score (nSPS) is 17.8. The number of amides is 1. The monoisotopic (exact) mass is 327 g/mol. The molecule has 1 aliphatic rings. The summed E-state index contributed by atoms with van der Waals surface area (Å²) in [4.78, 5) is 21.2. The molecule has 1 aliphatic heterocycles. The van der Waals surface area contributed by atoms with Crippen molar-refractivity contribution in [3.63, 3.8) is 0 Å². The van der Waals surface area contributed by atoms with Gasteiger partial charge in [-0.1, -0.05) is 0 Å². The lowest BCUT2D eigenvalue weighted by molar-refractivity contribution is 0.0593. The number of nitrogens with zero attached hydrogens (tertiary/aromatic N) is 5. The lowest BCUT2D eigenvalue weighted by Gasteiger charge is -2.36. The number of rotatable bonds is 5. The molecule has 0 bridgehead atoms. The van der Waals surface area contributed by atoms with Crippen molar-refractivity contribution in [2.45, 2.75) is 38.3 Å². The van der Waals surface area contributed by atoms with Crippen molar-refractivity contribution >= 4 is 11.7 Å². The quantitative estimate of drug-likeness (QED) is 0.846. The number of pyridine rings is 1. The van der Waals surface area contributed by atoms with Crippen LogP contribution in [-0.2, 0) is 6.54 Å². The Morgan fingerprint density at radius 2 is 2.21 bits per heavy atom. The van der Waals surface area contributed by atoms with E-state index in [4.69, 9.17) is 0 Å². The topological polar surface area (TPSA) is 54.3 Å². The molecule has 3 rings (SSSR count). The highest BCUT2D eigenvalue weighted by atomic mass is 16.2. The van der Waals surface area contributed by atoms with Gasteiger partial charge in [0, 0.05) is 51.8 Å². The molecule has 24 heavy (non-hydrogen) atoms. The first-order valence-electron chi connectivity index (χ1n) is 8.57. The molecular formula is C18H25N5O. The number of likely N-dealkylation sites (tertiary alicyclic amines) is 1. The number of carbonyl (C=O) groups excluding carboxylic acids is 1. The molecule has 2 aromatic heterocycles. The van der Waals surface area contributed by atoms with Gasteiger partial charge in [0.1, 0.15) is 5.82 Å². The molecule has 0 radical (unpaired) electrons. The largest absolute Gasteiger partial charge is 0.363 e.